The zero-order valence-electron chi connectivity index (χ0n) is 20.8. The molecule has 6 atom stereocenters. The van der Waals surface area contributed by atoms with E-state index in [2.05, 4.69) is 34.6 Å². The van der Waals surface area contributed by atoms with Crippen molar-refractivity contribution in [2.24, 2.45) is 34.0 Å². The molecule has 5 aliphatic rings. The molecule has 0 spiro atoms. The van der Waals surface area contributed by atoms with Crippen molar-refractivity contribution in [2.45, 2.75) is 91.8 Å². The van der Waals surface area contributed by atoms with Crippen LogP contribution in [0.4, 0.5) is 0 Å². The molecule has 0 aromatic carbocycles. The molecule has 5 fully saturated rings. The lowest BCUT2D eigenvalue weighted by molar-refractivity contribution is -0.186. The van der Waals surface area contributed by atoms with Crippen LogP contribution in [0.15, 0.2) is 0 Å². The second-order valence-electron chi connectivity index (χ2n) is 12.6. The Hall–Kier alpha value is -1.63. The number of esters is 3. The third kappa shape index (κ3) is 4.94. The molecule has 7 heteroatoms. The van der Waals surface area contributed by atoms with E-state index in [1.165, 1.54) is 0 Å². The van der Waals surface area contributed by atoms with Crippen molar-refractivity contribution in [3.63, 3.8) is 0 Å². The monoisotopic (exact) mass is 464 g/mol. The Morgan fingerprint density at radius 2 is 1.76 bits per heavy atom. The number of carbonyl (C=O) groups is 3. The van der Waals surface area contributed by atoms with Gasteiger partial charge >= 0.3 is 17.9 Å². The molecule has 3 aliphatic carbocycles. The van der Waals surface area contributed by atoms with Crippen LogP contribution in [0.1, 0.15) is 79.6 Å². The van der Waals surface area contributed by atoms with E-state index in [0.29, 0.717) is 5.92 Å². The Bertz CT molecular complexity index is 782. The highest BCUT2D eigenvalue weighted by molar-refractivity contribution is 5.79. The standard InChI is InChI=1S/C26H40O7/c1-24(2,3)15-26(7-6-25(26,4)5)23(29)31-9-8-30-20(27)14-32-21-17-10-16-11-18(13-17)22(28)33-19(21)12-16/h16-19,21H,6-15H2,1-5H3. The molecule has 0 aromatic rings. The van der Waals surface area contributed by atoms with Crippen LogP contribution in [0.25, 0.3) is 0 Å². The highest BCUT2D eigenvalue weighted by atomic mass is 16.6. The highest BCUT2D eigenvalue weighted by Crippen LogP contribution is 2.61. The van der Waals surface area contributed by atoms with Gasteiger partial charge in [0.25, 0.3) is 0 Å². The zero-order valence-corrected chi connectivity index (χ0v) is 20.8. The SMILES string of the molecule is CC(C)(C)CC1(C(=O)OCCOC(=O)COC2C3CC4CC(C3)C(=O)OC2C4)CCC1(C)C. The third-order valence-corrected chi connectivity index (χ3v) is 8.51. The quantitative estimate of drug-likeness (QED) is 0.304. The second-order valence-corrected chi connectivity index (χ2v) is 12.6. The normalized spacial score (nSPS) is 36.5. The summed E-state index contributed by atoms with van der Waals surface area (Å²) in [5.74, 6) is -0.0184. The van der Waals surface area contributed by atoms with Crippen LogP contribution in [0, 0.1) is 34.0 Å². The molecule has 186 valence electrons. The second kappa shape index (κ2) is 8.86. The number of rotatable bonds is 8. The summed E-state index contributed by atoms with van der Waals surface area (Å²) in [6.07, 6.45) is 5.68. The maximum Gasteiger partial charge on any atom is 0.332 e. The van der Waals surface area contributed by atoms with Gasteiger partial charge in [-0.25, -0.2) is 4.79 Å². The molecule has 5 rings (SSSR count). The summed E-state index contributed by atoms with van der Waals surface area (Å²) in [7, 11) is 0. The number of carbonyl (C=O) groups excluding carboxylic acids is 3. The lowest BCUT2D eigenvalue weighted by Gasteiger charge is -2.56. The number of hydrogen-bond donors (Lipinski definition) is 0. The fourth-order valence-corrected chi connectivity index (χ4v) is 6.75. The predicted octanol–water partition coefficient (Wildman–Crippen LogP) is 4.06. The molecule has 0 N–H and O–H groups in total. The van der Waals surface area contributed by atoms with Crippen LogP contribution in [-0.2, 0) is 33.3 Å². The fraction of sp³-hybridized carbons (Fsp3) is 0.885. The van der Waals surface area contributed by atoms with Gasteiger partial charge in [-0.05, 0) is 67.6 Å². The van der Waals surface area contributed by atoms with Gasteiger partial charge in [0.1, 0.15) is 25.9 Å². The van der Waals surface area contributed by atoms with Crippen LogP contribution >= 0.6 is 0 Å². The summed E-state index contributed by atoms with van der Waals surface area (Å²) in [6.45, 7) is 10.6. The summed E-state index contributed by atoms with van der Waals surface area (Å²) in [5, 5.41) is 0. The Morgan fingerprint density at radius 3 is 2.39 bits per heavy atom. The zero-order chi connectivity index (χ0) is 24.0. The molecule has 2 aliphatic heterocycles. The number of ether oxygens (including phenoxy) is 4. The predicted molar refractivity (Wildman–Crippen MR) is 120 cm³/mol. The Kier molecular flexibility index (Phi) is 6.58. The summed E-state index contributed by atoms with van der Waals surface area (Å²) in [4.78, 5) is 37.4. The maximum atomic E-state index is 13.0. The molecule has 0 amide bonds. The van der Waals surface area contributed by atoms with Crippen molar-refractivity contribution in [3.8, 4) is 0 Å². The smallest absolute Gasteiger partial charge is 0.332 e. The molecule has 0 aromatic heterocycles. The Morgan fingerprint density at radius 1 is 1.03 bits per heavy atom. The van der Waals surface area contributed by atoms with Crippen LogP contribution < -0.4 is 0 Å². The van der Waals surface area contributed by atoms with E-state index >= 15 is 0 Å². The van der Waals surface area contributed by atoms with Crippen molar-refractivity contribution in [2.75, 3.05) is 19.8 Å². The molecular formula is C26H40O7. The van der Waals surface area contributed by atoms with Gasteiger partial charge in [0.2, 0.25) is 0 Å². The minimum absolute atomic E-state index is 0.0105. The summed E-state index contributed by atoms with van der Waals surface area (Å²) in [6, 6.07) is 0. The van der Waals surface area contributed by atoms with E-state index in [-0.39, 0.29) is 66.6 Å². The van der Waals surface area contributed by atoms with Crippen LogP contribution in [0.5, 0.6) is 0 Å². The van der Waals surface area contributed by atoms with Gasteiger partial charge in [-0.1, -0.05) is 34.6 Å². The molecule has 7 nitrogen and oxygen atoms in total. The Labute approximate surface area is 197 Å². The molecule has 0 radical (unpaired) electrons. The third-order valence-electron chi connectivity index (χ3n) is 8.51. The van der Waals surface area contributed by atoms with Crippen molar-refractivity contribution < 1.29 is 33.3 Å². The first-order chi connectivity index (χ1) is 15.4. The topological polar surface area (TPSA) is 88.1 Å². The molecule has 2 saturated heterocycles. The molecule has 3 saturated carbocycles. The lowest BCUT2D eigenvalue weighted by atomic mass is 9.47. The molecule has 2 heterocycles. The maximum absolute atomic E-state index is 13.0. The molecule has 33 heavy (non-hydrogen) atoms. The number of fused-ring (bicyclic) bond motifs is 1. The minimum atomic E-state index is -0.488. The molecule has 6 unspecified atom stereocenters. The largest absolute Gasteiger partial charge is 0.462 e. The average Bonchev–Trinajstić information content (AvgIpc) is 2.88. The van der Waals surface area contributed by atoms with Gasteiger partial charge in [0, 0.05) is 0 Å². The first-order valence-electron chi connectivity index (χ1n) is 12.6. The van der Waals surface area contributed by atoms with E-state index in [9.17, 15) is 14.4 Å². The molecular weight excluding hydrogens is 424 g/mol. The fourth-order valence-electron chi connectivity index (χ4n) is 6.75. The van der Waals surface area contributed by atoms with Crippen LogP contribution in [0.3, 0.4) is 0 Å². The van der Waals surface area contributed by atoms with Crippen molar-refractivity contribution in [1.29, 1.82) is 0 Å². The van der Waals surface area contributed by atoms with Gasteiger partial charge in [0.05, 0.1) is 17.4 Å². The van der Waals surface area contributed by atoms with Crippen molar-refractivity contribution in [1.82, 2.24) is 0 Å². The van der Waals surface area contributed by atoms with Gasteiger partial charge in [0.15, 0.2) is 0 Å². The highest BCUT2D eigenvalue weighted by Gasteiger charge is 2.60. The van der Waals surface area contributed by atoms with Crippen LogP contribution in [0.2, 0.25) is 0 Å². The van der Waals surface area contributed by atoms with Crippen molar-refractivity contribution >= 4 is 17.9 Å². The van der Waals surface area contributed by atoms with Crippen molar-refractivity contribution in [3.05, 3.63) is 0 Å². The van der Waals surface area contributed by atoms with Gasteiger partial charge in [-0.15, -0.1) is 0 Å². The summed E-state index contributed by atoms with van der Waals surface area (Å²) < 4.78 is 22.3. The average molecular weight is 465 g/mol. The van der Waals surface area contributed by atoms with Gasteiger partial charge in [-0.3, -0.25) is 9.59 Å². The van der Waals surface area contributed by atoms with Crippen LogP contribution in [-0.4, -0.2) is 49.9 Å². The first-order valence-corrected chi connectivity index (χ1v) is 12.6. The molecule has 4 bridgehead atoms. The minimum Gasteiger partial charge on any atom is -0.462 e. The van der Waals surface area contributed by atoms with Gasteiger partial charge < -0.3 is 18.9 Å². The number of hydrogen-bond acceptors (Lipinski definition) is 7. The van der Waals surface area contributed by atoms with Gasteiger partial charge in [-0.2, -0.15) is 0 Å². The van der Waals surface area contributed by atoms with E-state index in [4.69, 9.17) is 18.9 Å². The lowest BCUT2D eigenvalue weighted by Crippen LogP contribution is -2.55. The Balaban J connectivity index is 1.20. The van der Waals surface area contributed by atoms with E-state index in [1.807, 2.05) is 0 Å². The van der Waals surface area contributed by atoms with E-state index < -0.39 is 11.4 Å². The first kappa shape index (κ1) is 24.5. The summed E-state index contributed by atoms with van der Waals surface area (Å²) >= 11 is 0. The summed E-state index contributed by atoms with van der Waals surface area (Å²) in [5.41, 5.74) is -0.553. The van der Waals surface area contributed by atoms with E-state index in [1.54, 1.807) is 0 Å². The van der Waals surface area contributed by atoms with E-state index in [0.717, 1.165) is 44.9 Å².